The minimum absolute atomic E-state index is 0.0365. The van der Waals surface area contributed by atoms with Gasteiger partial charge in [0.2, 0.25) is 5.90 Å². The van der Waals surface area contributed by atoms with Crippen molar-refractivity contribution >= 4 is 23.4 Å². The third kappa shape index (κ3) is 7.74. The van der Waals surface area contributed by atoms with Gasteiger partial charge < -0.3 is 14.6 Å². The van der Waals surface area contributed by atoms with Crippen LogP contribution in [-0.4, -0.2) is 48.8 Å². The van der Waals surface area contributed by atoms with Gasteiger partial charge >= 0.3 is 0 Å². The number of hydrogen-bond donors (Lipinski definition) is 3. The number of halogens is 1. The van der Waals surface area contributed by atoms with E-state index in [4.69, 9.17) is 36.7 Å². The van der Waals surface area contributed by atoms with Crippen molar-refractivity contribution in [1.82, 2.24) is 10.9 Å². The Kier molecular flexibility index (Phi) is 10.4. The number of rotatable bonds is 14. The number of hydrogen-bond acceptors (Lipinski definition) is 7. The maximum Gasteiger partial charge on any atom is 0.266 e. The number of nitrogens with zero attached hydrogens (tertiary/aromatic N) is 4. The lowest BCUT2D eigenvalue weighted by atomic mass is 9.89. The molecule has 1 amide bonds. The summed E-state index contributed by atoms with van der Waals surface area (Å²) in [6.45, 7) is 1.17. The monoisotopic (exact) mass is 562 g/mol. The number of aliphatic imine (C=N–C) groups is 1. The second-order valence-electron chi connectivity index (χ2n) is 9.28. The molecule has 0 spiro atoms. The fraction of sp³-hybridized carbons (Fsp3) is 0.310. The van der Waals surface area contributed by atoms with Crippen molar-refractivity contribution in [2.75, 3.05) is 26.4 Å². The average molecular weight is 563 g/mol. The van der Waals surface area contributed by atoms with Gasteiger partial charge in [-0.05, 0) is 65.0 Å². The van der Waals surface area contributed by atoms with Gasteiger partial charge in [-0.15, -0.1) is 0 Å². The number of nitrogens with one attached hydrogen (secondary N) is 2. The van der Waals surface area contributed by atoms with Crippen LogP contribution in [0.25, 0.3) is 10.4 Å². The highest BCUT2D eigenvalue weighted by Gasteiger charge is 2.45. The molecule has 0 aliphatic carbocycles. The Hall–Kier alpha value is -4.08. The number of aliphatic hydroxyl groups is 1. The van der Waals surface area contributed by atoms with Gasteiger partial charge in [0.15, 0.2) is 5.54 Å². The van der Waals surface area contributed by atoms with Crippen molar-refractivity contribution in [3.05, 3.63) is 111 Å². The fourth-order valence-corrected chi connectivity index (χ4v) is 4.51. The molecule has 3 N–H and O–H groups in total. The zero-order valence-electron chi connectivity index (χ0n) is 21.9. The van der Waals surface area contributed by atoms with Gasteiger partial charge in [0.25, 0.3) is 5.91 Å². The molecule has 0 bridgehead atoms. The zero-order valence-corrected chi connectivity index (χ0v) is 22.7. The van der Waals surface area contributed by atoms with Crippen LogP contribution in [-0.2, 0) is 28.9 Å². The SMILES string of the molecule is [N-]=[N+]=NCc1ccccc1C[C@@]1(C(=O)NNCCc2cccc(Cl)c2)COC(c2ccc(OCCCO)cc2)=N1. The molecule has 1 heterocycles. The minimum atomic E-state index is -1.25. The Balaban J connectivity index is 1.53. The van der Waals surface area contributed by atoms with Crippen LogP contribution in [0.5, 0.6) is 5.75 Å². The first-order chi connectivity index (χ1) is 19.5. The molecule has 0 aromatic heterocycles. The van der Waals surface area contributed by atoms with E-state index in [1.807, 2.05) is 60.7 Å². The summed E-state index contributed by atoms with van der Waals surface area (Å²) in [5.41, 5.74) is 16.8. The summed E-state index contributed by atoms with van der Waals surface area (Å²) in [7, 11) is 0. The van der Waals surface area contributed by atoms with Gasteiger partial charge in [0, 0.05) is 41.5 Å². The number of hydrazine groups is 1. The normalized spacial score (nSPS) is 16.0. The molecule has 208 valence electrons. The van der Waals surface area contributed by atoms with Crippen LogP contribution in [0.2, 0.25) is 5.02 Å². The van der Waals surface area contributed by atoms with Gasteiger partial charge in [-0.25, -0.2) is 10.4 Å². The lowest BCUT2D eigenvalue weighted by Crippen LogP contribution is -2.53. The van der Waals surface area contributed by atoms with Gasteiger partial charge in [0.05, 0.1) is 13.2 Å². The second kappa shape index (κ2) is 14.3. The van der Waals surface area contributed by atoms with Crippen LogP contribution in [0.1, 0.15) is 28.7 Å². The molecular formula is C29H31ClN6O4. The lowest BCUT2D eigenvalue weighted by Gasteiger charge is -2.24. The highest BCUT2D eigenvalue weighted by Crippen LogP contribution is 2.29. The maximum atomic E-state index is 13.6. The zero-order chi connectivity index (χ0) is 28.2. The molecule has 0 fully saturated rings. The summed E-state index contributed by atoms with van der Waals surface area (Å²) in [5, 5.41) is 13.3. The van der Waals surface area contributed by atoms with E-state index in [1.165, 1.54) is 0 Å². The van der Waals surface area contributed by atoms with Crippen molar-refractivity contribution < 1.29 is 19.4 Å². The lowest BCUT2D eigenvalue weighted by molar-refractivity contribution is -0.127. The summed E-state index contributed by atoms with van der Waals surface area (Å²) in [6, 6.07) is 22.3. The molecular weight excluding hydrogens is 532 g/mol. The van der Waals surface area contributed by atoms with Crippen LogP contribution in [0.15, 0.2) is 82.9 Å². The molecule has 3 aromatic carbocycles. The van der Waals surface area contributed by atoms with Gasteiger partial charge in [-0.3, -0.25) is 10.2 Å². The molecule has 1 aliphatic rings. The predicted molar refractivity (Wildman–Crippen MR) is 153 cm³/mol. The summed E-state index contributed by atoms with van der Waals surface area (Å²) < 4.78 is 11.6. The van der Waals surface area contributed by atoms with Crippen LogP contribution in [0, 0.1) is 0 Å². The Labute approximate surface area is 237 Å². The van der Waals surface area contributed by atoms with E-state index in [0.29, 0.717) is 48.2 Å². The number of carbonyl (C=O) groups excluding carboxylic acids is 1. The molecule has 0 unspecified atom stereocenters. The average Bonchev–Trinajstić information content (AvgIpc) is 3.40. The summed E-state index contributed by atoms with van der Waals surface area (Å²) in [4.78, 5) is 21.3. The maximum absolute atomic E-state index is 13.6. The van der Waals surface area contributed by atoms with E-state index in [9.17, 15) is 4.79 Å². The molecule has 0 saturated carbocycles. The second-order valence-corrected chi connectivity index (χ2v) is 9.72. The molecule has 11 heteroatoms. The van der Waals surface area contributed by atoms with Gasteiger partial charge in [-0.1, -0.05) is 53.1 Å². The minimum Gasteiger partial charge on any atom is -0.494 e. The van der Waals surface area contributed by atoms with Crippen molar-refractivity contribution in [3.8, 4) is 5.75 Å². The highest BCUT2D eigenvalue weighted by molar-refractivity contribution is 6.30. The Morgan fingerprint density at radius 1 is 1.15 bits per heavy atom. The quantitative estimate of drug-likeness (QED) is 0.0870. The van der Waals surface area contributed by atoms with Crippen molar-refractivity contribution in [2.45, 2.75) is 31.3 Å². The van der Waals surface area contributed by atoms with Crippen LogP contribution in [0.3, 0.4) is 0 Å². The molecule has 1 atom stereocenters. The Bertz CT molecular complexity index is 1380. The molecule has 1 aliphatic heterocycles. The van der Waals surface area contributed by atoms with E-state index < -0.39 is 5.54 Å². The fourth-order valence-electron chi connectivity index (χ4n) is 4.30. The first-order valence-corrected chi connectivity index (χ1v) is 13.3. The topological polar surface area (TPSA) is 141 Å². The molecule has 40 heavy (non-hydrogen) atoms. The molecule has 0 radical (unpaired) electrons. The van der Waals surface area contributed by atoms with Crippen LogP contribution in [0.4, 0.5) is 0 Å². The third-order valence-electron chi connectivity index (χ3n) is 6.39. The van der Waals surface area contributed by atoms with E-state index >= 15 is 0 Å². The summed E-state index contributed by atoms with van der Waals surface area (Å²) in [6.07, 6.45) is 1.46. The third-order valence-corrected chi connectivity index (χ3v) is 6.63. The van der Waals surface area contributed by atoms with Crippen molar-refractivity contribution in [3.63, 3.8) is 0 Å². The standard InChI is InChI=1S/C29H31ClN6O4/c30-25-8-3-5-21(17-25)13-14-32-35-28(38)29(18-23-6-1-2-7-24(23)19-33-36-31)20-40-27(34-29)22-9-11-26(12-10-22)39-16-4-15-37/h1-3,5-12,17,32,37H,4,13-16,18-20H2,(H,35,38)/t29-/m0/s1. The van der Waals surface area contributed by atoms with Gasteiger partial charge in [0.1, 0.15) is 12.4 Å². The van der Waals surface area contributed by atoms with E-state index in [-0.39, 0.29) is 32.1 Å². The number of azide groups is 1. The summed E-state index contributed by atoms with van der Waals surface area (Å²) >= 11 is 6.07. The smallest absolute Gasteiger partial charge is 0.266 e. The van der Waals surface area contributed by atoms with Crippen molar-refractivity contribution in [2.24, 2.45) is 10.1 Å². The molecule has 0 saturated heterocycles. The van der Waals surface area contributed by atoms with E-state index in [0.717, 1.165) is 16.7 Å². The van der Waals surface area contributed by atoms with Gasteiger partial charge in [-0.2, -0.15) is 0 Å². The van der Waals surface area contributed by atoms with E-state index in [1.54, 1.807) is 12.1 Å². The van der Waals surface area contributed by atoms with Crippen molar-refractivity contribution in [1.29, 1.82) is 0 Å². The number of ether oxygens (including phenoxy) is 2. The summed E-state index contributed by atoms with van der Waals surface area (Å²) in [5.74, 6) is 0.676. The molecule has 3 aromatic rings. The highest BCUT2D eigenvalue weighted by atomic mass is 35.5. The Morgan fingerprint density at radius 2 is 1.95 bits per heavy atom. The largest absolute Gasteiger partial charge is 0.494 e. The Morgan fingerprint density at radius 3 is 2.70 bits per heavy atom. The molecule has 10 nitrogen and oxygen atoms in total. The first kappa shape index (κ1) is 28.9. The number of amides is 1. The number of benzene rings is 3. The predicted octanol–water partition coefficient (Wildman–Crippen LogP) is 4.53. The number of aliphatic hydroxyl groups excluding tert-OH is 1. The van der Waals surface area contributed by atoms with E-state index in [2.05, 4.69) is 20.9 Å². The molecule has 4 rings (SSSR count). The first-order valence-electron chi connectivity index (χ1n) is 12.9. The van der Waals surface area contributed by atoms with Crippen LogP contribution < -0.4 is 15.6 Å². The number of carbonyl (C=O) groups is 1. The van der Waals surface area contributed by atoms with Crippen LogP contribution >= 0.6 is 11.6 Å².